The zero-order valence-electron chi connectivity index (χ0n) is 10.9. The molecule has 0 aliphatic carbocycles. The Balaban J connectivity index is 2.34. The minimum Gasteiger partial charge on any atom is -0.321 e. The highest BCUT2D eigenvalue weighted by Crippen LogP contribution is 2.21. The van der Waals surface area contributed by atoms with Crippen LogP contribution in [0.2, 0.25) is 0 Å². The van der Waals surface area contributed by atoms with E-state index in [1.165, 1.54) is 23.5 Å². The summed E-state index contributed by atoms with van der Waals surface area (Å²) < 4.78 is 22.6. The molecule has 0 spiro atoms. The lowest BCUT2D eigenvalue weighted by Gasteiger charge is -2.09. The van der Waals surface area contributed by atoms with Gasteiger partial charge in [0.1, 0.15) is 4.88 Å². The number of hydrogen-bond donors (Lipinski definition) is 2. The van der Waals surface area contributed by atoms with E-state index in [0.717, 1.165) is 5.56 Å². The molecule has 0 bridgehead atoms. The predicted molar refractivity (Wildman–Crippen MR) is 77.4 cm³/mol. The fourth-order valence-corrected chi connectivity index (χ4v) is 2.85. The number of primary sulfonamides is 1. The van der Waals surface area contributed by atoms with Gasteiger partial charge in [-0.15, -0.1) is 11.3 Å². The van der Waals surface area contributed by atoms with Crippen molar-refractivity contribution in [2.45, 2.75) is 18.7 Å². The van der Waals surface area contributed by atoms with Gasteiger partial charge in [0.05, 0.1) is 16.1 Å². The van der Waals surface area contributed by atoms with Crippen LogP contribution >= 0.6 is 11.3 Å². The van der Waals surface area contributed by atoms with E-state index in [9.17, 15) is 13.2 Å². The predicted octanol–water partition coefficient (Wildman–Crippen LogP) is 1.66. The molecule has 0 atom stereocenters. The highest BCUT2D eigenvalue weighted by molar-refractivity contribution is 7.89. The monoisotopic (exact) mass is 311 g/mol. The van der Waals surface area contributed by atoms with Crippen LogP contribution in [-0.2, 0) is 10.0 Å². The number of aryl methyl sites for hydroxylation is 2. The lowest BCUT2D eigenvalue weighted by Crippen LogP contribution is -2.15. The molecule has 0 aliphatic heterocycles. The molecule has 3 N–H and O–H groups in total. The highest BCUT2D eigenvalue weighted by atomic mass is 32.2. The Hall–Kier alpha value is -1.77. The average molecular weight is 311 g/mol. The topological polar surface area (TPSA) is 102 Å². The summed E-state index contributed by atoms with van der Waals surface area (Å²) >= 11 is 1.23. The molecule has 0 fully saturated rings. The maximum absolute atomic E-state index is 12.1. The quantitative estimate of drug-likeness (QED) is 0.899. The maximum atomic E-state index is 12.1. The molecule has 1 amide bonds. The van der Waals surface area contributed by atoms with E-state index >= 15 is 0 Å². The molecule has 1 heterocycles. The summed E-state index contributed by atoms with van der Waals surface area (Å²) in [6.07, 6.45) is 0. The van der Waals surface area contributed by atoms with Crippen molar-refractivity contribution in [3.63, 3.8) is 0 Å². The Labute approximate surface area is 120 Å². The molecule has 106 valence electrons. The Morgan fingerprint density at radius 1 is 1.35 bits per heavy atom. The van der Waals surface area contributed by atoms with Gasteiger partial charge in [0, 0.05) is 5.69 Å². The van der Waals surface area contributed by atoms with E-state index in [4.69, 9.17) is 5.14 Å². The molecule has 1 aromatic heterocycles. The van der Waals surface area contributed by atoms with Crippen molar-refractivity contribution in [3.8, 4) is 0 Å². The van der Waals surface area contributed by atoms with Gasteiger partial charge in [-0.3, -0.25) is 4.79 Å². The van der Waals surface area contributed by atoms with Gasteiger partial charge < -0.3 is 5.32 Å². The molecule has 0 unspecified atom stereocenters. The molecular weight excluding hydrogens is 298 g/mol. The van der Waals surface area contributed by atoms with Crippen LogP contribution in [0.25, 0.3) is 0 Å². The molecule has 8 heteroatoms. The van der Waals surface area contributed by atoms with Gasteiger partial charge in [-0.2, -0.15) is 0 Å². The van der Waals surface area contributed by atoms with Crippen molar-refractivity contribution in [1.29, 1.82) is 0 Å². The van der Waals surface area contributed by atoms with Crippen LogP contribution in [0, 0.1) is 13.8 Å². The number of nitrogens with two attached hydrogens (primary N) is 1. The SMILES string of the molecule is Cc1ccc(S(N)(=O)=O)cc1NC(=O)c1scnc1C. The number of rotatable bonds is 3. The number of nitrogens with one attached hydrogen (secondary N) is 1. The van der Waals surface area contributed by atoms with E-state index in [1.54, 1.807) is 25.4 Å². The van der Waals surface area contributed by atoms with Crippen molar-refractivity contribution in [3.05, 3.63) is 39.8 Å². The summed E-state index contributed by atoms with van der Waals surface area (Å²) in [6, 6.07) is 4.34. The fourth-order valence-electron chi connectivity index (χ4n) is 1.61. The number of thiazole rings is 1. The third-order valence-corrected chi connectivity index (χ3v) is 4.58. The van der Waals surface area contributed by atoms with Crippen molar-refractivity contribution < 1.29 is 13.2 Å². The number of carbonyl (C=O) groups is 1. The second-order valence-electron chi connectivity index (χ2n) is 4.24. The molecule has 0 radical (unpaired) electrons. The second kappa shape index (κ2) is 5.31. The van der Waals surface area contributed by atoms with Gasteiger partial charge >= 0.3 is 0 Å². The standard InChI is InChI=1S/C12H13N3O3S2/c1-7-3-4-9(20(13,17)18)5-10(7)15-12(16)11-8(2)14-6-19-11/h3-6H,1-2H3,(H,15,16)(H2,13,17,18). The van der Waals surface area contributed by atoms with Gasteiger partial charge in [0.2, 0.25) is 10.0 Å². The number of benzene rings is 1. The van der Waals surface area contributed by atoms with Crippen LogP contribution in [0.1, 0.15) is 20.9 Å². The Morgan fingerprint density at radius 3 is 2.60 bits per heavy atom. The van der Waals surface area contributed by atoms with Gasteiger partial charge in [-0.25, -0.2) is 18.5 Å². The van der Waals surface area contributed by atoms with Crippen LogP contribution < -0.4 is 10.5 Å². The first-order valence-electron chi connectivity index (χ1n) is 5.64. The van der Waals surface area contributed by atoms with Crippen LogP contribution in [-0.4, -0.2) is 19.3 Å². The van der Waals surface area contributed by atoms with E-state index in [-0.39, 0.29) is 10.8 Å². The van der Waals surface area contributed by atoms with Crippen LogP contribution in [0.15, 0.2) is 28.6 Å². The third-order valence-electron chi connectivity index (χ3n) is 2.74. The van der Waals surface area contributed by atoms with E-state index in [1.807, 2.05) is 0 Å². The van der Waals surface area contributed by atoms with Crippen LogP contribution in [0.5, 0.6) is 0 Å². The molecule has 0 aliphatic rings. The van der Waals surface area contributed by atoms with Gasteiger partial charge in [0.15, 0.2) is 0 Å². The Kier molecular flexibility index (Phi) is 3.89. The van der Waals surface area contributed by atoms with Gasteiger partial charge in [0.25, 0.3) is 5.91 Å². The summed E-state index contributed by atoms with van der Waals surface area (Å²) in [4.78, 5) is 16.5. The van der Waals surface area contributed by atoms with Crippen molar-refractivity contribution in [1.82, 2.24) is 4.98 Å². The molecule has 20 heavy (non-hydrogen) atoms. The van der Waals surface area contributed by atoms with Crippen molar-refractivity contribution in [2.75, 3.05) is 5.32 Å². The normalized spacial score (nSPS) is 11.3. The average Bonchev–Trinajstić information content (AvgIpc) is 2.77. The highest BCUT2D eigenvalue weighted by Gasteiger charge is 2.15. The van der Waals surface area contributed by atoms with Crippen molar-refractivity contribution in [2.24, 2.45) is 5.14 Å². The maximum Gasteiger partial charge on any atom is 0.267 e. The fraction of sp³-hybridized carbons (Fsp3) is 0.167. The Bertz CT molecular complexity index is 766. The van der Waals surface area contributed by atoms with Gasteiger partial charge in [-0.1, -0.05) is 6.07 Å². The molecular formula is C12H13N3O3S2. The molecule has 2 aromatic rings. The van der Waals surface area contributed by atoms with E-state index in [2.05, 4.69) is 10.3 Å². The smallest absolute Gasteiger partial charge is 0.267 e. The van der Waals surface area contributed by atoms with Crippen LogP contribution in [0.3, 0.4) is 0 Å². The second-order valence-corrected chi connectivity index (χ2v) is 6.66. The minimum absolute atomic E-state index is 0.0422. The number of nitrogens with zero attached hydrogens (tertiary/aromatic N) is 1. The first-order chi connectivity index (χ1) is 9.29. The molecule has 1 aromatic carbocycles. The molecule has 0 saturated carbocycles. The number of sulfonamides is 1. The zero-order chi connectivity index (χ0) is 14.9. The number of amides is 1. The number of hydrogen-bond acceptors (Lipinski definition) is 5. The van der Waals surface area contributed by atoms with E-state index in [0.29, 0.717) is 16.3 Å². The first kappa shape index (κ1) is 14.6. The summed E-state index contributed by atoms with van der Waals surface area (Å²) in [5.74, 6) is -0.320. The lowest BCUT2D eigenvalue weighted by atomic mass is 10.2. The number of aromatic nitrogens is 1. The summed E-state index contributed by atoms with van der Waals surface area (Å²) in [6.45, 7) is 3.50. The lowest BCUT2D eigenvalue weighted by molar-refractivity contribution is 0.102. The van der Waals surface area contributed by atoms with Crippen LogP contribution in [0.4, 0.5) is 5.69 Å². The van der Waals surface area contributed by atoms with E-state index < -0.39 is 10.0 Å². The largest absolute Gasteiger partial charge is 0.321 e. The third kappa shape index (κ3) is 3.03. The number of carbonyl (C=O) groups excluding carboxylic acids is 1. The summed E-state index contributed by atoms with van der Waals surface area (Å²) in [5, 5.41) is 7.75. The summed E-state index contributed by atoms with van der Waals surface area (Å²) in [5.41, 5.74) is 3.37. The van der Waals surface area contributed by atoms with Gasteiger partial charge in [-0.05, 0) is 31.5 Å². The summed E-state index contributed by atoms with van der Waals surface area (Å²) in [7, 11) is -3.80. The molecule has 0 saturated heterocycles. The first-order valence-corrected chi connectivity index (χ1v) is 8.06. The molecule has 2 rings (SSSR count). The minimum atomic E-state index is -3.80. The molecule has 6 nitrogen and oxygen atoms in total. The Morgan fingerprint density at radius 2 is 2.05 bits per heavy atom. The number of anilines is 1. The zero-order valence-corrected chi connectivity index (χ0v) is 12.5. The van der Waals surface area contributed by atoms with Crippen molar-refractivity contribution >= 4 is 33.0 Å².